The minimum absolute atomic E-state index is 1.04. The van der Waals surface area contributed by atoms with Crippen molar-refractivity contribution in [2.75, 3.05) is 19.6 Å². The van der Waals surface area contributed by atoms with Crippen LogP contribution in [0.5, 0.6) is 0 Å². The van der Waals surface area contributed by atoms with Crippen molar-refractivity contribution in [1.82, 2.24) is 9.88 Å². The maximum absolute atomic E-state index is 5.16. The molecule has 5 rings (SSSR count). The summed E-state index contributed by atoms with van der Waals surface area (Å²) in [5, 5.41) is 3.99. The number of hydrogen-bond donors (Lipinski definition) is 0. The van der Waals surface area contributed by atoms with E-state index in [1.54, 1.807) is 0 Å². The highest BCUT2D eigenvalue weighted by atomic mass is 32.1. The van der Waals surface area contributed by atoms with E-state index in [4.69, 9.17) is 4.98 Å². The van der Waals surface area contributed by atoms with Gasteiger partial charge < -0.3 is 4.90 Å². The fourth-order valence-corrected chi connectivity index (χ4v) is 5.27. The van der Waals surface area contributed by atoms with Crippen LogP contribution in [0, 0.1) is 0 Å². The molecule has 25 heavy (non-hydrogen) atoms. The molecule has 3 heteroatoms. The summed E-state index contributed by atoms with van der Waals surface area (Å²) < 4.78 is 2.67. The lowest BCUT2D eigenvalue weighted by atomic mass is 10.1. The van der Waals surface area contributed by atoms with Crippen molar-refractivity contribution in [3.05, 3.63) is 54.2 Å². The molecule has 126 valence electrons. The first kappa shape index (κ1) is 15.3. The molecule has 1 aliphatic heterocycles. The molecule has 2 aromatic heterocycles. The molecule has 1 fully saturated rings. The lowest BCUT2D eigenvalue weighted by Gasteiger charge is -2.26. The zero-order chi connectivity index (χ0) is 16.6. The predicted octanol–water partition coefficient (Wildman–Crippen LogP) is 5.63. The van der Waals surface area contributed by atoms with Crippen LogP contribution in [0.2, 0.25) is 0 Å². The number of thiophene rings is 1. The Kier molecular flexibility index (Phi) is 3.91. The van der Waals surface area contributed by atoms with Gasteiger partial charge in [-0.2, -0.15) is 0 Å². The van der Waals surface area contributed by atoms with Gasteiger partial charge in [-0.15, -0.1) is 11.3 Å². The summed E-state index contributed by atoms with van der Waals surface area (Å²) in [6.45, 7) is 3.63. The van der Waals surface area contributed by atoms with E-state index in [0.29, 0.717) is 0 Å². The van der Waals surface area contributed by atoms with E-state index in [2.05, 4.69) is 53.4 Å². The van der Waals surface area contributed by atoms with E-state index >= 15 is 0 Å². The number of piperidine rings is 1. The summed E-state index contributed by atoms with van der Waals surface area (Å²) in [5.41, 5.74) is 2.45. The fourth-order valence-electron chi connectivity index (χ4n) is 4.09. The predicted molar refractivity (Wildman–Crippen MR) is 109 cm³/mol. The first-order chi connectivity index (χ1) is 12.4. The first-order valence-electron chi connectivity index (χ1n) is 9.31. The van der Waals surface area contributed by atoms with Crippen molar-refractivity contribution in [2.24, 2.45) is 0 Å². The van der Waals surface area contributed by atoms with Gasteiger partial charge in [0, 0.05) is 33.8 Å². The average molecular weight is 346 g/mol. The second-order valence-electron chi connectivity index (χ2n) is 7.03. The van der Waals surface area contributed by atoms with Gasteiger partial charge in [0.25, 0.3) is 0 Å². The van der Waals surface area contributed by atoms with Gasteiger partial charge in [0.15, 0.2) is 0 Å². The van der Waals surface area contributed by atoms with Crippen molar-refractivity contribution in [2.45, 2.75) is 25.7 Å². The number of benzene rings is 2. The number of likely N-dealkylation sites (tertiary alicyclic amines) is 1. The Morgan fingerprint density at radius 1 is 0.840 bits per heavy atom. The number of nitrogens with zero attached hydrogens (tertiary/aromatic N) is 2. The Hall–Kier alpha value is -1.97. The fraction of sp³-hybridized carbons (Fsp3) is 0.318. The summed E-state index contributed by atoms with van der Waals surface area (Å²) >= 11 is 1.87. The highest BCUT2D eigenvalue weighted by molar-refractivity contribution is 7.26. The van der Waals surface area contributed by atoms with E-state index in [1.807, 2.05) is 11.3 Å². The summed E-state index contributed by atoms with van der Waals surface area (Å²) in [6, 6.07) is 17.5. The molecule has 0 unspecified atom stereocenters. The summed E-state index contributed by atoms with van der Waals surface area (Å²) in [7, 11) is 0. The van der Waals surface area contributed by atoms with Crippen molar-refractivity contribution in [3.8, 4) is 0 Å². The van der Waals surface area contributed by atoms with Crippen LogP contribution in [0.25, 0.3) is 31.1 Å². The first-order valence-corrected chi connectivity index (χ1v) is 10.1. The molecule has 0 atom stereocenters. The third-order valence-electron chi connectivity index (χ3n) is 5.41. The molecule has 4 aromatic rings. The van der Waals surface area contributed by atoms with Gasteiger partial charge in [-0.05, 0) is 32.0 Å². The van der Waals surface area contributed by atoms with Crippen LogP contribution in [0.3, 0.4) is 0 Å². The van der Waals surface area contributed by atoms with Crippen molar-refractivity contribution >= 4 is 42.4 Å². The molecule has 0 amide bonds. The molecular formula is C22H22N2S. The number of pyridine rings is 1. The van der Waals surface area contributed by atoms with E-state index in [-0.39, 0.29) is 0 Å². The van der Waals surface area contributed by atoms with Gasteiger partial charge >= 0.3 is 0 Å². The Balaban J connectivity index is 1.64. The molecule has 2 nitrogen and oxygen atoms in total. The van der Waals surface area contributed by atoms with Crippen molar-refractivity contribution in [3.63, 3.8) is 0 Å². The highest BCUT2D eigenvalue weighted by Gasteiger charge is 2.15. The van der Waals surface area contributed by atoms with E-state index in [9.17, 15) is 0 Å². The van der Waals surface area contributed by atoms with Crippen molar-refractivity contribution < 1.29 is 0 Å². The minimum Gasteiger partial charge on any atom is -0.303 e. The quantitative estimate of drug-likeness (QED) is 0.478. The van der Waals surface area contributed by atoms with Gasteiger partial charge in [0.2, 0.25) is 0 Å². The smallest absolute Gasteiger partial charge is 0.0898 e. The van der Waals surface area contributed by atoms with Gasteiger partial charge in [0.05, 0.1) is 15.9 Å². The maximum Gasteiger partial charge on any atom is 0.0898 e. The highest BCUT2D eigenvalue weighted by Crippen LogP contribution is 2.38. The topological polar surface area (TPSA) is 16.1 Å². The molecule has 0 saturated carbocycles. The molecule has 1 saturated heterocycles. The second kappa shape index (κ2) is 6.40. The lowest BCUT2D eigenvalue weighted by molar-refractivity contribution is 0.231. The van der Waals surface area contributed by atoms with Gasteiger partial charge in [-0.3, -0.25) is 4.98 Å². The van der Waals surface area contributed by atoms with E-state index in [1.165, 1.54) is 69.1 Å². The Labute approximate surface area is 152 Å². The lowest BCUT2D eigenvalue weighted by Crippen LogP contribution is -2.31. The monoisotopic (exact) mass is 346 g/mol. The van der Waals surface area contributed by atoms with Crippen LogP contribution in [0.4, 0.5) is 0 Å². The minimum atomic E-state index is 1.04. The number of hydrogen-bond acceptors (Lipinski definition) is 3. The summed E-state index contributed by atoms with van der Waals surface area (Å²) in [6.07, 6.45) is 5.13. The molecule has 2 aromatic carbocycles. The van der Waals surface area contributed by atoms with Gasteiger partial charge in [-0.1, -0.05) is 48.9 Å². The number of aromatic nitrogens is 1. The summed E-state index contributed by atoms with van der Waals surface area (Å²) in [4.78, 5) is 7.77. The van der Waals surface area contributed by atoms with Crippen LogP contribution in [-0.2, 0) is 6.42 Å². The van der Waals surface area contributed by atoms with Gasteiger partial charge in [-0.25, -0.2) is 0 Å². The van der Waals surface area contributed by atoms with Crippen molar-refractivity contribution in [1.29, 1.82) is 0 Å². The third-order valence-corrected chi connectivity index (χ3v) is 6.61. The molecule has 3 heterocycles. The molecule has 0 spiro atoms. The Morgan fingerprint density at radius 2 is 1.56 bits per heavy atom. The zero-order valence-corrected chi connectivity index (χ0v) is 15.2. The molecule has 0 radical (unpaired) electrons. The molecular weight excluding hydrogens is 324 g/mol. The van der Waals surface area contributed by atoms with E-state index in [0.717, 1.165) is 13.0 Å². The normalized spacial score (nSPS) is 16.2. The molecule has 1 aliphatic rings. The molecule has 0 aliphatic carbocycles. The molecule has 0 N–H and O–H groups in total. The summed E-state index contributed by atoms with van der Waals surface area (Å²) in [5.74, 6) is 0. The Morgan fingerprint density at radius 3 is 2.40 bits per heavy atom. The molecule has 0 bridgehead atoms. The zero-order valence-electron chi connectivity index (χ0n) is 14.4. The van der Waals surface area contributed by atoms with Crippen LogP contribution in [0.15, 0.2) is 48.5 Å². The SMILES string of the molecule is c1ccc2c(c1)sc1c3ccccc3c(CCN3CCCCC3)nc21. The Bertz CT molecular complexity index is 1040. The maximum atomic E-state index is 5.16. The van der Waals surface area contributed by atoms with Crippen LogP contribution < -0.4 is 0 Å². The van der Waals surface area contributed by atoms with Gasteiger partial charge in [0.1, 0.15) is 0 Å². The largest absolute Gasteiger partial charge is 0.303 e. The third kappa shape index (κ3) is 2.72. The standard InChI is InChI=1S/C22H22N2S/c1-6-13-24(14-7-1)15-12-19-16-8-2-3-9-17(16)22-21(23-19)18-10-4-5-11-20(18)25-22/h2-5,8-11H,1,6-7,12-15H2. The number of fused-ring (bicyclic) bond motifs is 5. The van der Waals surface area contributed by atoms with E-state index < -0.39 is 0 Å². The second-order valence-corrected chi connectivity index (χ2v) is 8.08. The number of rotatable bonds is 3. The van der Waals surface area contributed by atoms with Crippen LogP contribution in [-0.4, -0.2) is 29.5 Å². The van der Waals surface area contributed by atoms with Crippen LogP contribution >= 0.6 is 11.3 Å². The van der Waals surface area contributed by atoms with Crippen LogP contribution in [0.1, 0.15) is 25.0 Å². The average Bonchev–Trinajstić information content (AvgIpc) is 3.06.